The largest absolute Gasteiger partial charge is 0.361 e. The Hall–Kier alpha value is -2.60. The van der Waals surface area contributed by atoms with E-state index < -0.39 is 0 Å². The average molecular weight is 396 g/mol. The van der Waals surface area contributed by atoms with Gasteiger partial charge in [0.15, 0.2) is 0 Å². The van der Waals surface area contributed by atoms with E-state index in [1.54, 1.807) is 22.9 Å². The minimum Gasteiger partial charge on any atom is -0.361 e. The molecule has 0 N–H and O–H groups in total. The zero-order valence-electron chi connectivity index (χ0n) is 16.5. The van der Waals surface area contributed by atoms with Crippen LogP contribution in [0.3, 0.4) is 0 Å². The fourth-order valence-corrected chi connectivity index (χ4v) is 4.13. The summed E-state index contributed by atoms with van der Waals surface area (Å²) in [4.78, 5) is 19.2. The lowest BCUT2D eigenvalue weighted by Crippen LogP contribution is -2.28. The summed E-state index contributed by atoms with van der Waals surface area (Å²) < 4.78 is 5.22. The predicted molar refractivity (Wildman–Crippen MR) is 111 cm³/mol. The SMILES string of the molecule is Cc1noc(C)c1CSc1ncccc1C(=O)N(C)CCCc1ccccc1. The van der Waals surface area contributed by atoms with E-state index in [0.717, 1.165) is 34.9 Å². The fourth-order valence-electron chi connectivity index (χ4n) is 2.99. The lowest BCUT2D eigenvalue weighted by Gasteiger charge is -2.18. The highest BCUT2D eigenvalue weighted by Gasteiger charge is 2.18. The highest BCUT2D eigenvalue weighted by Crippen LogP contribution is 2.27. The van der Waals surface area contributed by atoms with Crippen LogP contribution in [0.1, 0.15) is 39.4 Å². The Bertz CT molecular complexity index is 905. The molecule has 0 unspecified atom stereocenters. The molecular formula is C22H25N3O2S. The molecule has 3 aromatic rings. The quantitative estimate of drug-likeness (QED) is 0.518. The first-order valence-corrected chi connectivity index (χ1v) is 10.3. The highest BCUT2D eigenvalue weighted by atomic mass is 32.2. The number of pyridine rings is 1. The lowest BCUT2D eigenvalue weighted by molar-refractivity contribution is 0.0789. The van der Waals surface area contributed by atoms with Crippen molar-refractivity contribution in [2.24, 2.45) is 0 Å². The van der Waals surface area contributed by atoms with Crippen LogP contribution in [0.2, 0.25) is 0 Å². The Kier molecular flexibility index (Phi) is 6.87. The molecule has 3 rings (SSSR count). The van der Waals surface area contributed by atoms with Crippen LogP contribution in [0.15, 0.2) is 58.2 Å². The summed E-state index contributed by atoms with van der Waals surface area (Å²) in [6, 6.07) is 14.0. The third-order valence-electron chi connectivity index (χ3n) is 4.68. The van der Waals surface area contributed by atoms with Crippen LogP contribution in [-0.4, -0.2) is 34.5 Å². The summed E-state index contributed by atoms with van der Waals surface area (Å²) in [5.41, 5.74) is 3.87. The van der Waals surface area contributed by atoms with E-state index >= 15 is 0 Å². The minimum absolute atomic E-state index is 0.00224. The topological polar surface area (TPSA) is 59.2 Å². The Morgan fingerprint density at radius 1 is 1.14 bits per heavy atom. The van der Waals surface area contributed by atoms with Crippen LogP contribution in [0, 0.1) is 13.8 Å². The zero-order chi connectivity index (χ0) is 19.9. The van der Waals surface area contributed by atoms with Gasteiger partial charge in [-0.3, -0.25) is 4.79 Å². The van der Waals surface area contributed by atoms with E-state index in [9.17, 15) is 4.79 Å². The molecular weight excluding hydrogens is 370 g/mol. The van der Waals surface area contributed by atoms with Gasteiger partial charge in [0.1, 0.15) is 10.8 Å². The third-order valence-corrected chi connectivity index (χ3v) is 5.72. The second kappa shape index (κ2) is 9.55. The molecule has 146 valence electrons. The molecule has 2 aromatic heterocycles. The van der Waals surface area contributed by atoms with Gasteiger partial charge < -0.3 is 9.42 Å². The summed E-state index contributed by atoms with van der Waals surface area (Å²) in [7, 11) is 1.85. The molecule has 0 radical (unpaired) electrons. The van der Waals surface area contributed by atoms with Crippen LogP contribution >= 0.6 is 11.8 Å². The summed E-state index contributed by atoms with van der Waals surface area (Å²) >= 11 is 1.54. The minimum atomic E-state index is 0.00224. The monoisotopic (exact) mass is 395 g/mol. The van der Waals surface area contributed by atoms with E-state index in [2.05, 4.69) is 22.3 Å². The summed E-state index contributed by atoms with van der Waals surface area (Å²) in [5.74, 6) is 1.49. The maximum absolute atomic E-state index is 12.9. The van der Waals surface area contributed by atoms with Gasteiger partial charge in [0.2, 0.25) is 0 Å². The standard InChI is InChI=1S/C22H25N3O2S/c1-16-20(17(2)27-24-16)15-28-21-19(12-7-13-23-21)22(26)25(3)14-8-11-18-9-5-4-6-10-18/h4-7,9-10,12-13H,8,11,14-15H2,1-3H3. The van der Waals surface area contributed by atoms with Gasteiger partial charge >= 0.3 is 0 Å². The number of rotatable bonds is 8. The molecule has 0 aliphatic rings. The molecule has 0 saturated carbocycles. The number of aryl methyl sites for hydroxylation is 3. The van der Waals surface area contributed by atoms with Crippen molar-refractivity contribution in [2.75, 3.05) is 13.6 Å². The first-order chi connectivity index (χ1) is 13.6. The fraction of sp³-hybridized carbons (Fsp3) is 0.318. The van der Waals surface area contributed by atoms with Crippen molar-refractivity contribution >= 4 is 17.7 Å². The Morgan fingerprint density at radius 2 is 1.93 bits per heavy atom. The van der Waals surface area contributed by atoms with E-state index in [-0.39, 0.29) is 5.91 Å². The van der Waals surface area contributed by atoms with Crippen molar-refractivity contribution in [3.8, 4) is 0 Å². The van der Waals surface area contributed by atoms with Gasteiger partial charge in [0.25, 0.3) is 5.91 Å². The van der Waals surface area contributed by atoms with Crippen molar-refractivity contribution in [2.45, 2.75) is 37.5 Å². The van der Waals surface area contributed by atoms with Gasteiger partial charge in [-0.25, -0.2) is 4.98 Å². The number of carbonyl (C=O) groups excluding carboxylic acids is 1. The highest BCUT2D eigenvalue weighted by molar-refractivity contribution is 7.98. The van der Waals surface area contributed by atoms with Crippen LogP contribution < -0.4 is 0 Å². The van der Waals surface area contributed by atoms with E-state index in [0.29, 0.717) is 17.9 Å². The molecule has 5 nitrogen and oxygen atoms in total. The molecule has 0 saturated heterocycles. The molecule has 0 aliphatic carbocycles. The number of benzene rings is 1. The molecule has 0 bridgehead atoms. The first kappa shape index (κ1) is 20.1. The smallest absolute Gasteiger partial charge is 0.256 e. The Balaban J connectivity index is 1.61. The molecule has 0 spiro atoms. The van der Waals surface area contributed by atoms with E-state index in [1.165, 1.54) is 5.56 Å². The average Bonchev–Trinajstić information content (AvgIpc) is 3.04. The van der Waals surface area contributed by atoms with Crippen molar-refractivity contribution in [3.05, 3.63) is 76.8 Å². The van der Waals surface area contributed by atoms with Crippen LogP contribution in [0.5, 0.6) is 0 Å². The van der Waals surface area contributed by atoms with Gasteiger partial charge in [-0.05, 0) is 44.4 Å². The Labute approximate surface area is 170 Å². The maximum atomic E-state index is 12.9. The summed E-state index contributed by atoms with van der Waals surface area (Å²) in [6.45, 7) is 4.54. The predicted octanol–water partition coefficient (Wildman–Crippen LogP) is 4.68. The van der Waals surface area contributed by atoms with Crippen molar-refractivity contribution in [1.82, 2.24) is 15.0 Å². The second-order valence-electron chi connectivity index (χ2n) is 6.76. The number of aromatic nitrogens is 2. The van der Waals surface area contributed by atoms with Gasteiger partial charge in [0, 0.05) is 31.1 Å². The van der Waals surface area contributed by atoms with Crippen molar-refractivity contribution in [1.29, 1.82) is 0 Å². The molecule has 1 amide bonds. The summed E-state index contributed by atoms with van der Waals surface area (Å²) in [6.07, 6.45) is 3.61. The molecule has 6 heteroatoms. The molecule has 0 fully saturated rings. The van der Waals surface area contributed by atoms with Crippen molar-refractivity contribution in [3.63, 3.8) is 0 Å². The Morgan fingerprint density at radius 3 is 2.64 bits per heavy atom. The second-order valence-corrected chi connectivity index (χ2v) is 7.73. The van der Waals surface area contributed by atoms with Crippen LogP contribution in [-0.2, 0) is 12.2 Å². The van der Waals surface area contributed by atoms with E-state index in [1.807, 2.05) is 51.2 Å². The maximum Gasteiger partial charge on any atom is 0.256 e. The lowest BCUT2D eigenvalue weighted by atomic mass is 10.1. The molecule has 1 aromatic carbocycles. The number of carbonyl (C=O) groups is 1. The van der Waals surface area contributed by atoms with E-state index in [4.69, 9.17) is 4.52 Å². The zero-order valence-corrected chi connectivity index (χ0v) is 17.3. The molecule has 0 aliphatic heterocycles. The molecule has 2 heterocycles. The normalized spacial score (nSPS) is 10.8. The molecule has 0 atom stereocenters. The third kappa shape index (κ3) is 5.01. The summed E-state index contributed by atoms with van der Waals surface area (Å²) in [5, 5.41) is 4.73. The van der Waals surface area contributed by atoms with Gasteiger partial charge in [-0.1, -0.05) is 35.5 Å². The number of hydrogen-bond donors (Lipinski definition) is 0. The number of hydrogen-bond acceptors (Lipinski definition) is 5. The molecule has 28 heavy (non-hydrogen) atoms. The van der Waals surface area contributed by atoms with Crippen molar-refractivity contribution < 1.29 is 9.32 Å². The number of nitrogens with zero attached hydrogens (tertiary/aromatic N) is 3. The number of amides is 1. The van der Waals surface area contributed by atoms with Gasteiger partial charge in [0.05, 0.1) is 11.3 Å². The van der Waals surface area contributed by atoms with Gasteiger partial charge in [-0.2, -0.15) is 0 Å². The first-order valence-electron chi connectivity index (χ1n) is 9.35. The van der Waals surface area contributed by atoms with Crippen LogP contribution in [0.4, 0.5) is 0 Å². The number of thioether (sulfide) groups is 1. The van der Waals surface area contributed by atoms with Gasteiger partial charge in [-0.15, -0.1) is 11.8 Å². The van der Waals surface area contributed by atoms with Crippen LogP contribution in [0.25, 0.3) is 0 Å².